The van der Waals surface area contributed by atoms with Gasteiger partial charge in [-0.1, -0.05) is 6.92 Å². The van der Waals surface area contributed by atoms with Gasteiger partial charge >= 0.3 is 0 Å². The normalized spacial score (nSPS) is 12.9. The van der Waals surface area contributed by atoms with Crippen LogP contribution >= 0.6 is 0 Å². The quantitative estimate of drug-likeness (QED) is 0.739. The molecule has 5 nitrogen and oxygen atoms in total. The Morgan fingerprint density at radius 2 is 2.18 bits per heavy atom. The van der Waals surface area contributed by atoms with Crippen molar-refractivity contribution in [3.63, 3.8) is 0 Å². The van der Waals surface area contributed by atoms with E-state index >= 15 is 0 Å². The lowest BCUT2D eigenvalue weighted by Crippen LogP contribution is -2.20. The van der Waals surface area contributed by atoms with Crippen molar-refractivity contribution in [1.82, 2.24) is 20.3 Å². The fourth-order valence-corrected chi connectivity index (χ4v) is 1.71. The number of anilines is 1. The summed E-state index contributed by atoms with van der Waals surface area (Å²) in [6.07, 6.45) is 1.12. The molecular formula is C12H19N5. The molecule has 92 valence electrons. The molecule has 0 aliphatic carbocycles. The van der Waals surface area contributed by atoms with Gasteiger partial charge in [0, 0.05) is 7.05 Å². The summed E-state index contributed by atoms with van der Waals surface area (Å²) in [7, 11) is 1.85. The average molecular weight is 233 g/mol. The second-order valence-corrected chi connectivity index (χ2v) is 4.12. The fourth-order valence-electron chi connectivity index (χ4n) is 1.71. The minimum atomic E-state index is 0.224. The van der Waals surface area contributed by atoms with Crippen LogP contribution in [0.3, 0.4) is 0 Å². The van der Waals surface area contributed by atoms with E-state index in [1.54, 1.807) is 0 Å². The molecule has 0 saturated heterocycles. The summed E-state index contributed by atoms with van der Waals surface area (Å²) >= 11 is 0. The van der Waals surface area contributed by atoms with Crippen molar-refractivity contribution in [3.05, 3.63) is 18.0 Å². The maximum absolute atomic E-state index is 4.50. The lowest BCUT2D eigenvalue weighted by Gasteiger charge is -2.09. The number of hydrogen-bond donors (Lipinski definition) is 3. The van der Waals surface area contributed by atoms with Gasteiger partial charge in [0.25, 0.3) is 0 Å². The van der Waals surface area contributed by atoms with Crippen LogP contribution in [-0.4, -0.2) is 28.5 Å². The van der Waals surface area contributed by atoms with Crippen molar-refractivity contribution < 1.29 is 0 Å². The predicted octanol–water partition coefficient (Wildman–Crippen LogP) is 2.06. The standard InChI is InChI=1S/C12H19N5/c1-4-7-14-8(2)11-15-9-5-6-10(13-3)16-12(9)17-11/h5-6,8,14H,4,7H2,1-3H3,(H2,13,15,16,17). The molecule has 0 fully saturated rings. The Balaban J connectivity index is 2.24. The molecule has 0 aliphatic heterocycles. The van der Waals surface area contributed by atoms with E-state index in [0.29, 0.717) is 0 Å². The van der Waals surface area contributed by atoms with Crippen LogP contribution in [0.5, 0.6) is 0 Å². The Bertz CT molecular complexity index is 491. The molecule has 0 amide bonds. The van der Waals surface area contributed by atoms with Crippen LogP contribution in [0, 0.1) is 0 Å². The lowest BCUT2D eigenvalue weighted by atomic mass is 10.3. The second-order valence-electron chi connectivity index (χ2n) is 4.12. The number of nitrogens with zero attached hydrogens (tertiary/aromatic N) is 2. The van der Waals surface area contributed by atoms with Gasteiger partial charge in [-0.25, -0.2) is 9.97 Å². The van der Waals surface area contributed by atoms with Gasteiger partial charge in [-0.05, 0) is 32.0 Å². The van der Waals surface area contributed by atoms with Crippen LogP contribution in [0.15, 0.2) is 12.1 Å². The van der Waals surface area contributed by atoms with Crippen molar-refractivity contribution in [2.45, 2.75) is 26.3 Å². The summed E-state index contributed by atoms with van der Waals surface area (Å²) in [5.74, 6) is 1.78. The summed E-state index contributed by atoms with van der Waals surface area (Å²) in [6.45, 7) is 5.25. The Morgan fingerprint density at radius 3 is 2.88 bits per heavy atom. The third kappa shape index (κ3) is 2.55. The number of pyridine rings is 1. The first-order valence-corrected chi connectivity index (χ1v) is 6.02. The van der Waals surface area contributed by atoms with E-state index < -0.39 is 0 Å². The van der Waals surface area contributed by atoms with Crippen LogP contribution in [0.2, 0.25) is 0 Å². The Kier molecular flexibility index (Phi) is 3.58. The third-order valence-electron chi connectivity index (χ3n) is 2.73. The maximum atomic E-state index is 4.50. The first-order valence-electron chi connectivity index (χ1n) is 6.02. The number of hydrogen-bond acceptors (Lipinski definition) is 4. The molecule has 17 heavy (non-hydrogen) atoms. The molecule has 3 N–H and O–H groups in total. The van der Waals surface area contributed by atoms with Crippen molar-refractivity contribution in [2.75, 3.05) is 18.9 Å². The van der Waals surface area contributed by atoms with Gasteiger partial charge in [0.2, 0.25) is 0 Å². The molecule has 2 heterocycles. The van der Waals surface area contributed by atoms with Gasteiger partial charge < -0.3 is 15.6 Å². The summed E-state index contributed by atoms with van der Waals surface area (Å²) in [4.78, 5) is 12.2. The highest BCUT2D eigenvalue weighted by Gasteiger charge is 2.10. The van der Waals surface area contributed by atoms with Gasteiger partial charge in [-0.15, -0.1) is 0 Å². The SMILES string of the molecule is CCCNC(C)c1nc2nc(NC)ccc2[nH]1. The minimum Gasteiger partial charge on any atom is -0.373 e. The van der Waals surface area contributed by atoms with Crippen LogP contribution in [-0.2, 0) is 0 Å². The monoisotopic (exact) mass is 233 g/mol. The van der Waals surface area contributed by atoms with Crippen molar-refractivity contribution in [3.8, 4) is 0 Å². The zero-order chi connectivity index (χ0) is 12.3. The Labute approximate surface area is 101 Å². The summed E-state index contributed by atoms with van der Waals surface area (Å²) in [5.41, 5.74) is 1.74. The number of aromatic amines is 1. The van der Waals surface area contributed by atoms with E-state index in [0.717, 1.165) is 35.8 Å². The van der Waals surface area contributed by atoms with Crippen molar-refractivity contribution >= 4 is 17.0 Å². The van der Waals surface area contributed by atoms with Crippen LogP contribution in [0.4, 0.5) is 5.82 Å². The summed E-state index contributed by atoms with van der Waals surface area (Å²) in [5, 5.41) is 6.41. The lowest BCUT2D eigenvalue weighted by molar-refractivity contribution is 0.550. The van der Waals surface area contributed by atoms with Gasteiger partial charge in [0.1, 0.15) is 11.6 Å². The molecule has 0 radical (unpaired) electrons. The number of fused-ring (bicyclic) bond motifs is 1. The zero-order valence-corrected chi connectivity index (χ0v) is 10.5. The van der Waals surface area contributed by atoms with Gasteiger partial charge in [-0.2, -0.15) is 0 Å². The van der Waals surface area contributed by atoms with Crippen molar-refractivity contribution in [1.29, 1.82) is 0 Å². The third-order valence-corrected chi connectivity index (χ3v) is 2.73. The van der Waals surface area contributed by atoms with Crippen LogP contribution in [0.25, 0.3) is 11.2 Å². The van der Waals surface area contributed by atoms with E-state index in [-0.39, 0.29) is 6.04 Å². The largest absolute Gasteiger partial charge is 0.373 e. The van der Waals surface area contributed by atoms with E-state index in [1.165, 1.54) is 0 Å². The van der Waals surface area contributed by atoms with E-state index in [1.807, 2.05) is 19.2 Å². The van der Waals surface area contributed by atoms with Gasteiger partial charge in [-0.3, -0.25) is 0 Å². The summed E-state index contributed by atoms with van der Waals surface area (Å²) in [6, 6.07) is 4.16. The number of aromatic nitrogens is 3. The average Bonchev–Trinajstić information content (AvgIpc) is 2.78. The highest BCUT2D eigenvalue weighted by molar-refractivity contribution is 5.72. The predicted molar refractivity (Wildman–Crippen MR) is 70.1 cm³/mol. The molecule has 1 atom stereocenters. The first-order chi connectivity index (χ1) is 8.24. The number of nitrogens with one attached hydrogen (secondary N) is 3. The highest BCUT2D eigenvalue weighted by Crippen LogP contribution is 2.16. The molecule has 0 bridgehead atoms. The second kappa shape index (κ2) is 5.14. The molecule has 2 aromatic rings. The van der Waals surface area contributed by atoms with Crippen molar-refractivity contribution in [2.24, 2.45) is 0 Å². The topological polar surface area (TPSA) is 65.6 Å². The number of imidazole rings is 1. The van der Waals surface area contributed by atoms with E-state index in [4.69, 9.17) is 0 Å². The molecule has 2 aromatic heterocycles. The summed E-state index contributed by atoms with van der Waals surface area (Å²) < 4.78 is 0. The molecule has 0 aliphatic rings. The Hall–Kier alpha value is -1.62. The van der Waals surface area contributed by atoms with Crippen LogP contribution in [0.1, 0.15) is 32.1 Å². The molecular weight excluding hydrogens is 214 g/mol. The molecule has 2 rings (SSSR count). The fraction of sp³-hybridized carbons (Fsp3) is 0.500. The number of H-pyrrole nitrogens is 1. The molecule has 5 heteroatoms. The number of rotatable bonds is 5. The first kappa shape index (κ1) is 11.9. The molecule has 0 spiro atoms. The highest BCUT2D eigenvalue weighted by atomic mass is 15.1. The van der Waals surface area contributed by atoms with Crippen LogP contribution < -0.4 is 10.6 Å². The zero-order valence-electron chi connectivity index (χ0n) is 10.5. The molecule has 0 aromatic carbocycles. The molecule has 0 saturated carbocycles. The maximum Gasteiger partial charge on any atom is 0.179 e. The van der Waals surface area contributed by atoms with E-state index in [9.17, 15) is 0 Å². The van der Waals surface area contributed by atoms with Gasteiger partial charge in [0.15, 0.2) is 5.65 Å². The smallest absolute Gasteiger partial charge is 0.179 e. The Morgan fingerprint density at radius 1 is 1.35 bits per heavy atom. The molecule has 1 unspecified atom stereocenters. The minimum absolute atomic E-state index is 0.224. The van der Waals surface area contributed by atoms with Gasteiger partial charge in [0.05, 0.1) is 11.6 Å². The van der Waals surface area contributed by atoms with E-state index in [2.05, 4.69) is 39.4 Å².